The average Bonchev–Trinajstić information content (AvgIpc) is 2.66. The maximum absolute atomic E-state index is 13.3. The van der Waals surface area contributed by atoms with E-state index < -0.39 is 10.0 Å². The molecule has 0 fully saturated rings. The first-order chi connectivity index (χ1) is 13.5. The number of benzene rings is 2. The average molecular weight is 457 g/mol. The van der Waals surface area contributed by atoms with Crippen molar-refractivity contribution >= 4 is 44.8 Å². The second kappa shape index (κ2) is 9.83. The fraction of sp³-hybridized carbons (Fsp3) is 0.381. The first-order valence-electron chi connectivity index (χ1n) is 9.36. The Morgan fingerprint density at radius 3 is 2.07 bits per heavy atom. The number of rotatable bonds is 8. The maximum Gasteiger partial charge on any atom is 0.264 e. The molecule has 1 N–H and O–H groups in total. The van der Waals surface area contributed by atoms with Gasteiger partial charge in [0.2, 0.25) is 5.91 Å². The van der Waals surface area contributed by atoms with E-state index in [-0.39, 0.29) is 45.9 Å². The lowest BCUT2D eigenvalue weighted by atomic mass is 9.93. The normalized spacial score (nSPS) is 11.9. The summed E-state index contributed by atoms with van der Waals surface area (Å²) in [5.74, 6) is 0.0363. The van der Waals surface area contributed by atoms with Crippen molar-refractivity contribution in [3.05, 3.63) is 58.6 Å². The largest absolute Gasteiger partial charge is 0.351 e. The number of anilines is 1. The Morgan fingerprint density at radius 2 is 1.55 bits per heavy atom. The molecule has 0 unspecified atom stereocenters. The van der Waals surface area contributed by atoms with Crippen LogP contribution < -0.4 is 9.62 Å². The van der Waals surface area contributed by atoms with Crippen molar-refractivity contribution < 1.29 is 13.2 Å². The molecule has 5 nitrogen and oxygen atoms in total. The number of amides is 1. The van der Waals surface area contributed by atoms with Crippen LogP contribution in [0.5, 0.6) is 0 Å². The number of carbonyl (C=O) groups is 1. The van der Waals surface area contributed by atoms with E-state index in [4.69, 9.17) is 23.2 Å². The summed E-state index contributed by atoms with van der Waals surface area (Å²) in [6.45, 7) is 7.70. The van der Waals surface area contributed by atoms with Crippen molar-refractivity contribution in [2.75, 3.05) is 10.8 Å². The molecule has 0 aliphatic rings. The Labute approximate surface area is 183 Å². The summed E-state index contributed by atoms with van der Waals surface area (Å²) in [5, 5.41) is 3.47. The standard InChI is InChI=1S/C21H26Cl2N2O3S/c1-14(2)21(15(3)4)24-20(26)13-25(16-10-11-18(22)19(23)12-16)29(27,28)17-8-6-5-7-9-17/h5-12,14-15,21H,13H2,1-4H3,(H,24,26). The summed E-state index contributed by atoms with van der Waals surface area (Å²) in [5.41, 5.74) is 0.268. The minimum absolute atomic E-state index is 0.0717. The molecule has 0 saturated heterocycles. The van der Waals surface area contributed by atoms with Crippen LogP contribution >= 0.6 is 23.2 Å². The van der Waals surface area contributed by atoms with Crippen LogP contribution in [0.1, 0.15) is 27.7 Å². The van der Waals surface area contributed by atoms with Gasteiger partial charge in [0, 0.05) is 6.04 Å². The molecule has 0 spiro atoms. The van der Waals surface area contributed by atoms with Gasteiger partial charge in [-0.1, -0.05) is 69.1 Å². The summed E-state index contributed by atoms with van der Waals surface area (Å²) in [6, 6.07) is 12.4. The van der Waals surface area contributed by atoms with E-state index in [1.54, 1.807) is 18.2 Å². The monoisotopic (exact) mass is 456 g/mol. The Morgan fingerprint density at radius 1 is 0.966 bits per heavy atom. The molecule has 2 rings (SSSR count). The summed E-state index contributed by atoms with van der Waals surface area (Å²) in [6.07, 6.45) is 0. The molecular weight excluding hydrogens is 431 g/mol. The van der Waals surface area contributed by atoms with Gasteiger partial charge in [-0.3, -0.25) is 9.10 Å². The number of hydrogen-bond acceptors (Lipinski definition) is 3. The van der Waals surface area contributed by atoms with E-state index in [9.17, 15) is 13.2 Å². The van der Waals surface area contributed by atoms with Crippen LogP contribution in [0, 0.1) is 11.8 Å². The van der Waals surface area contributed by atoms with Gasteiger partial charge in [0.1, 0.15) is 6.54 Å². The zero-order valence-electron chi connectivity index (χ0n) is 16.9. The van der Waals surface area contributed by atoms with Crippen molar-refractivity contribution in [3.63, 3.8) is 0 Å². The smallest absolute Gasteiger partial charge is 0.264 e. The molecule has 8 heteroatoms. The summed E-state index contributed by atoms with van der Waals surface area (Å²) < 4.78 is 27.6. The van der Waals surface area contributed by atoms with E-state index in [1.165, 1.54) is 30.3 Å². The van der Waals surface area contributed by atoms with Gasteiger partial charge in [0.15, 0.2) is 0 Å². The third-order valence-electron chi connectivity index (χ3n) is 4.57. The molecule has 1 amide bonds. The molecule has 0 aliphatic heterocycles. The fourth-order valence-electron chi connectivity index (χ4n) is 3.14. The van der Waals surface area contributed by atoms with Crippen LogP contribution in [-0.2, 0) is 14.8 Å². The molecule has 0 heterocycles. The van der Waals surface area contributed by atoms with Crippen molar-refractivity contribution in [1.82, 2.24) is 5.32 Å². The molecule has 29 heavy (non-hydrogen) atoms. The third-order valence-corrected chi connectivity index (χ3v) is 7.10. The molecule has 158 valence electrons. The second-order valence-corrected chi connectivity index (χ2v) is 10.2. The quantitative estimate of drug-likeness (QED) is 0.608. The van der Waals surface area contributed by atoms with E-state index >= 15 is 0 Å². The first kappa shape index (κ1) is 23.5. The number of sulfonamides is 1. The molecule has 0 aromatic heterocycles. The molecule has 2 aromatic rings. The topological polar surface area (TPSA) is 66.5 Å². The predicted octanol–water partition coefficient (Wildman–Crippen LogP) is 4.99. The SMILES string of the molecule is CC(C)C(NC(=O)CN(c1ccc(Cl)c(Cl)c1)S(=O)(=O)c1ccccc1)C(C)C. The van der Waals surface area contributed by atoms with Gasteiger partial charge < -0.3 is 5.32 Å². The van der Waals surface area contributed by atoms with E-state index in [0.29, 0.717) is 5.02 Å². The van der Waals surface area contributed by atoms with Crippen molar-refractivity contribution in [3.8, 4) is 0 Å². The molecular formula is C21H26Cl2N2O3S. The van der Waals surface area contributed by atoms with E-state index in [2.05, 4.69) is 5.32 Å². The first-order valence-corrected chi connectivity index (χ1v) is 11.6. The number of nitrogens with one attached hydrogen (secondary N) is 1. The second-order valence-electron chi connectivity index (χ2n) is 7.50. The lowest BCUT2D eigenvalue weighted by molar-refractivity contribution is -0.121. The van der Waals surface area contributed by atoms with Gasteiger partial charge >= 0.3 is 0 Å². The Bertz CT molecular complexity index is 940. The van der Waals surface area contributed by atoms with Crippen LogP contribution in [0.15, 0.2) is 53.4 Å². The Kier molecular flexibility index (Phi) is 7.97. The zero-order valence-corrected chi connectivity index (χ0v) is 19.2. The van der Waals surface area contributed by atoms with Gasteiger partial charge in [0.05, 0.1) is 20.6 Å². The van der Waals surface area contributed by atoms with Crippen molar-refractivity contribution in [2.45, 2.75) is 38.6 Å². The van der Waals surface area contributed by atoms with Crippen LogP contribution in [-0.4, -0.2) is 26.9 Å². The van der Waals surface area contributed by atoms with Gasteiger partial charge in [-0.25, -0.2) is 8.42 Å². The van der Waals surface area contributed by atoms with E-state index in [1.807, 2.05) is 27.7 Å². The lowest BCUT2D eigenvalue weighted by Crippen LogP contribution is -2.47. The van der Waals surface area contributed by atoms with Gasteiger partial charge in [-0.15, -0.1) is 0 Å². The Balaban J connectivity index is 2.42. The summed E-state index contributed by atoms with van der Waals surface area (Å²) in [7, 11) is -3.98. The maximum atomic E-state index is 13.3. The van der Waals surface area contributed by atoms with Crippen LogP contribution in [0.2, 0.25) is 10.0 Å². The minimum Gasteiger partial charge on any atom is -0.351 e. The van der Waals surface area contributed by atoms with Gasteiger partial charge in [-0.05, 0) is 42.2 Å². The number of hydrogen-bond donors (Lipinski definition) is 1. The third kappa shape index (κ3) is 5.87. The number of nitrogens with zero attached hydrogens (tertiary/aromatic N) is 1. The van der Waals surface area contributed by atoms with Gasteiger partial charge in [-0.2, -0.15) is 0 Å². The molecule has 0 aliphatic carbocycles. The minimum atomic E-state index is -3.98. The summed E-state index contributed by atoms with van der Waals surface area (Å²) in [4.78, 5) is 12.9. The number of carbonyl (C=O) groups excluding carboxylic acids is 1. The van der Waals surface area contributed by atoms with Crippen LogP contribution in [0.3, 0.4) is 0 Å². The molecule has 0 saturated carbocycles. The predicted molar refractivity (Wildman–Crippen MR) is 119 cm³/mol. The van der Waals surface area contributed by atoms with Crippen molar-refractivity contribution in [1.29, 1.82) is 0 Å². The molecule has 2 aromatic carbocycles. The molecule has 0 radical (unpaired) electrons. The highest BCUT2D eigenvalue weighted by molar-refractivity contribution is 7.92. The van der Waals surface area contributed by atoms with Crippen LogP contribution in [0.25, 0.3) is 0 Å². The molecule has 0 atom stereocenters. The lowest BCUT2D eigenvalue weighted by Gasteiger charge is -2.29. The highest BCUT2D eigenvalue weighted by Crippen LogP contribution is 2.30. The fourth-order valence-corrected chi connectivity index (χ4v) is 4.87. The molecule has 0 bridgehead atoms. The van der Waals surface area contributed by atoms with Crippen LogP contribution in [0.4, 0.5) is 5.69 Å². The number of halogens is 2. The highest BCUT2D eigenvalue weighted by Gasteiger charge is 2.29. The van der Waals surface area contributed by atoms with Crippen molar-refractivity contribution in [2.24, 2.45) is 11.8 Å². The van der Waals surface area contributed by atoms with E-state index in [0.717, 1.165) is 4.31 Å². The summed E-state index contributed by atoms with van der Waals surface area (Å²) >= 11 is 12.1. The highest BCUT2D eigenvalue weighted by atomic mass is 35.5. The van der Waals surface area contributed by atoms with Gasteiger partial charge in [0.25, 0.3) is 10.0 Å². The zero-order chi connectivity index (χ0) is 21.8. The Hall–Kier alpha value is -1.76.